The Morgan fingerprint density at radius 1 is 1.36 bits per heavy atom. The Morgan fingerprint density at radius 3 is 2.64 bits per heavy atom. The number of methoxy groups -OCH3 is 1. The van der Waals surface area contributed by atoms with Gasteiger partial charge in [0, 0.05) is 10.0 Å². The summed E-state index contributed by atoms with van der Waals surface area (Å²) < 4.78 is 16.7. The van der Waals surface area contributed by atoms with Crippen LogP contribution < -0.4 is 15.0 Å². The number of aromatic nitrogens is 2. The molecule has 0 bridgehead atoms. The van der Waals surface area contributed by atoms with Crippen LogP contribution in [-0.4, -0.2) is 42.5 Å². The number of benzene rings is 1. The van der Waals surface area contributed by atoms with Gasteiger partial charge in [0.05, 0.1) is 23.9 Å². The van der Waals surface area contributed by atoms with Crippen molar-refractivity contribution in [3.8, 4) is 28.8 Å². The van der Waals surface area contributed by atoms with Gasteiger partial charge in [0.15, 0.2) is 23.3 Å². The molecular weight excluding hydrogens is 518 g/mol. The van der Waals surface area contributed by atoms with Crippen molar-refractivity contribution < 1.29 is 19.0 Å². The van der Waals surface area contributed by atoms with Crippen molar-refractivity contribution in [2.45, 2.75) is 12.1 Å². The molecule has 1 aromatic heterocycles. The summed E-state index contributed by atoms with van der Waals surface area (Å²) in [5, 5.41) is 9.80. The Labute approximate surface area is 181 Å². The van der Waals surface area contributed by atoms with Crippen LogP contribution in [0.25, 0.3) is 11.3 Å². The molecule has 0 saturated heterocycles. The van der Waals surface area contributed by atoms with Crippen molar-refractivity contribution in [2.75, 3.05) is 26.6 Å². The van der Waals surface area contributed by atoms with Crippen molar-refractivity contribution in [3.63, 3.8) is 0 Å². The highest BCUT2D eigenvalue weighted by molar-refractivity contribution is 9.13. The van der Waals surface area contributed by atoms with Gasteiger partial charge in [-0.3, -0.25) is 4.79 Å². The summed E-state index contributed by atoms with van der Waals surface area (Å²) in [6.07, 6.45) is 1.76. The number of hydrogen-bond acceptors (Lipinski definition) is 8. The number of hydrogen-bond donors (Lipinski definition) is 1. The van der Waals surface area contributed by atoms with Gasteiger partial charge >= 0.3 is 5.97 Å². The first-order valence-corrected chi connectivity index (χ1v) is 10.6. The van der Waals surface area contributed by atoms with Gasteiger partial charge in [0.1, 0.15) is 11.6 Å². The molecule has 0 aliphatic carbocycles. The van der Waals surface area contributed by atoms with E-state index in [0.29, 0.717) is 32.0 Å². The predicted octanol–water partition coefficient (Wildman–Crippen LogP) is 3.51. The zero-order chi connectivity index (χ0) is 20.8. The molecule has 148 valence electrons. The fourth-order valence-corrected chi connectivity index (χ4v) is 3.58. The second kappa shape index (κ2) is 9.95. The number of thioether (sulfide) groups is 1. The number of halogens is 2. The first kappa shape index (κ1) is 22.3. The second-order valence-corrected chi connectivity index (χ2v) is 7.47. The molecule has 1 aromatic carbocycles. The summed E-state index contributed by atoms with van der Waals surface area (Å²) in [5.74, 6) is 0.0339. The zero-order valence-corrected chi connectivity index (χ0v) is 19.1. The van der Waals surface area contributed by atoms with Crippen LogP contribution in [0.3, 0.4) is 0 Å². The highest BCUT2D eigenvalue weighted by atomic mass is 79.9. The first-order chi connectivity index (χ1) is 13.4. The Morgan fingerprint density at radius 2 is 2.07 bits per heavy atom. The molecule has 1 heterocycles. The topological polar surface area (TPSA) is 114 Å². The largest absolute Gasteiger partial charge is 0.490 e. The van der Waals surface area contributed by atoms with Gasteiger partial charge in [-0.25, -0.2) is 9.78 Å². The van der Waals surface area contributed by atoms with Crippen molar-refractivity contribution in [2.24, 2.45) is 0 Å². The van der Waals surface area contributed by atoms with Gasteiger partial charge in [-0.1, -0.05) is 11.8 Å². The summed E-state index contributed by atoms with van der Waals surface area (Å²) in [6, 6.07) is 3.48. The number of nitrogens with one attached hydrogen (secondary N) is 1. The molecule has 0 unspecified atom stereocenters. The van der Waals surface area contributed by atoms with E-state index in [9.17, 15) is 14.9 Å². The van der Waals surface area contributed by atoms with E-state index in [1.807, 2.05) is 6.07 Å². The summed E-state index contributed by atoms with van der Waals surface area (Å²) in [5.41, 5.74) is -0.0118. The number of ether oxygens (including phenoxy) is 3. The van der Waals surface area contributed by atoms with E-state index in [-0.39, 0.29) is 23.6 Å². The SMILES string of the molecule is CCOc1cc(-c2nc(SC)[nH]c(=O)c2C#N)c(Br)c(Br)c1OCC(=O)OC. The van der Waals surface area contributed by atoms with E-state index in [0.717, 1.165) is 0 Å². The van der Waals surface area contributed by atoms with E-state index < -0.39 is 11.5 Å². The average Bonchev–Trinajstić information content (AvgIpc) is 2.69. The number of aromatic amines is 1. The molecule has 0 amide bonds. The van der Waals surface area contributed by atoms with E-state index >= 15 is 0 Å². The third kappa shape index (κ3) is 4.68. The van der Waals surface area contributed by atoms with Crippen molar-refractivity contribution in [1.82, 2.24) is 9.97 Å². The van der Waals surface area contributed by atoms with E-state index in [1.165, 1.54) is 18.9 Å². The van der Waals surface area contributed by atoms with Gasteiger partial charge in [-0.2, -0.15) is 5.26 Å². The molecule has 1 N–H and O–H groups in total. The lowest BCUT2D eigenvalue weighted by Crippen LogP contribution is -2.15. The monoisotopic (exact) mass is 531 g/mol. The van der Waals surface area contributed by atoms with Crippen LogP contribution in [0.5, 0.6) is 11.5 Å². The maximum Gasteiger partial charge on any atom is 0.343 e. The van der Waals surface area contributed by atoms with Crippen LogP contribution in [0.15, 0.2) is 25.0 Å². The van der Waals surface area contributed by atoms with Crippen LogP contribution in [0.2, 0.25) is 0 Å². The summed E-state index contributed by atoms with van der Waals surface area (Å²) >= 11 is 8.10. The minimum absolute atomic E-state index is 0.129. The highest BCUT2D eigenvalue weighted by Crippen LogP contribution is 2.46. The highest BCUT2D eigenvalue weighted by Gasteiger charge is 2.23. The summed E-state index contributed by atoms with van der Waals surface area (Å²) in [7, 11) is 1.26. The number of esters is 1. The Balaban J connectivity index is 2.71. The lowest BCUT2D eigenvalue weighted by Gasteiger charge is -2.17. The van der Waals surface area contributed by atoms with Crippen LogP contribution in [0.4, 0.5) is 0 Å². The third-order valence-electron chi connectivity index (χ3n) is 3.45. The minimum Gasteiger partial charge on any atom is -0.490 e. The number of nitrogens with zero attached hydrogens (tertiary/aromatic N) is 2. The van der Waals surface area contributed by atoms with E-state index in [4.69, 9.17) is 9.47 Å². The molecule has 8 nitrogen and oxygen atoms in total. The van der Waals surface area contributed by atoms with E-state index in [1.54, 1.807) is 19.2 Å². The van der Waals surface area contributed by atoms with Crippen LogP contribution in [0, 0.1) is 11.3 Å². The molecule has 2 rings (SSSR count). The number of nitriles is 1. The standard InChI is InChI=1S/C17H15Br2N3O5S/c1-4-26-10-5-8(12(18)13(19)15(10)27-7-11(23)25-2)14-9(6-20)16(24)22-17(21-14)28-3/h5H,4,7H2,1-3H3,(H,21,22,24). The second-order valence-electron chi connectivity index (χ2n) is 5.09. The molecule has 0 aliphatic heterocycles. The average molecular weight is 533 g/mol. The van der Waals surface area contributed by atoms with Crippen LogP contribution >= 0.6 is 43.6 Å². The Kier molecular flexibility index (Phi) is 7.91. The minimum atomic E-state index is -0.554. The molecular formula is C17H15Br2N3O5S. The molecule has 0 atom stereocenters. The molecule has 11 heteroatoms. The van der Waals surface area contributed by atoms with Gasteiger partial charge < -0.3 is 19.2 Å². The molecule has 0 fully saturated rings. The molecule has 0 aliphatic rings. The van der Waals surface area contributed by atoms with Gasteiger partial charge in [0.2, 0.25) is 0 Å². The quantitative estimate of drug-likeness (QED) is 0.327. The molecule has 0 saturated carbocycles. The normalized spacial score (nSPS) is 10.3. The smallest absolute Gasteiger partial charge is 0.343 e. The number of carbonyl (C=O) groups excluding carboxylic acids is 1. The maximum atomic E-state index is 12.2. The Bertz CT molecular complexity index is 1000. The van der Waals surface area contributed by atoms with Crippen molar-refractivity contribution in [1.29, 1.82) is 5.26 Å². The zero-order valence-electron chi connectivity index (χ0n) is 15.1. The third-order valence-corrected chi connectivity index (χ3v) is 6.14. The van der Waals surface area contributed by atoms with Crippen molar-refractivity contribution >= 4 is 49.6 Å². The Hall–Kier alpha value is -2.03. The lowest BCUT2D eigenvalue weighted by atomic mass is 10.1. The van der Waals surface area contributed by atoms with Crippen molar-refractivity contribution in [3.05, 3.63) is 30.9 Å². The van der Waals surface area contributed by atoms with E-state index in [2.05, 4.69) is 46.6 Å². The molecule has 28 heavy (non-hydrogen) atoms. The summed E-state index contributed by atoms with van der Waals surface area (Å²) in [4.78, 5) is 30.6. The van der Waals surface area contributed by atoms with Crippen LogP contribution in [-0.2, 0) is 9.53 Å². The van der Waals surface area contributed by atoms with Crippen LogP contribution in [0.1, 0.15) is 12.5 Å². The molecule has 0 radical (unpaired) electrons. The number of carbonyl (C=O) groups is 1. The fourth-order valence-electron chi connectivity index (χ4n) is 2.19. The summed E-state index contributed by atoms with van der Waals surface area (Å²) in [6.45, 7) is 1.80. The number of rotatable bonds is 7. The number of H-pyrrole nitrogens is 1. The molecule has 0 spiro atoms. The van der Waals surface area contributed by atoms with Gasteiger partial charge in [-0.05, 0) is 51.1 Å². The van der Waals surface area contributed by atoms with Gasteiger partial charge in [0.25, 0.3) is 5.56 Å². The predicted molar refractivity (Wildman–Crippen MR) is 111 cm³/mol. The first-order valence-electron chi connectivity index (χ1n) is 7.81. The maximum absolute atomic E-state index is 12.2. The fraction of sp³-hybridized carbons (Fsp3) is 0.294. The lowest BCUT2D eigenvalue weighted by molar-refractivity contribution is -0.142. The molecule has 2 aromatic rings. The van der Waals surface area contributed by atoms with Gasteiger partial charge in [-0.15, -0.1) is 0 Å².